The maximum Gasteiger partial charge on any atom is 0.208 e. The van der Waals surface area contributed by atoms with E-state index in [1.165, 1.54) is 0 Å². The largest absolute Gasteiger partial charge is 0.353 e. The molecule has 1 aromatic rings. The van der Waals surface area contributed by atoms with Crippen molar-refractivity contribution < 1.29 is 4.79 Å². The molecule has 0 radical (unpaired) electrons. The molecule has 1 atom stereocenters. The van der Waals surface area contributed by atoms with Gasteiger partial charge in [0, 0.05) is 32.2 Å². The zero-order chi connectivity index (χ0) is 10.8. The van der Waals surface area contributed by atoms with Crippen molar-refractivity contribution in [3.05, 3.63) is 0 Å². The minimum Gasteiger partial charge on any atom is -0.353 e. The van der Waals surface area contributed by atoms with Crippen molar-refractivity contribution in [1.29, 1.82) is 0 Å². The van der Waals surface area contributed by atoms with Gasteiger partial charge in [-0.15, -0.1) is 10.2 Å². The first-order valence-electron chi connectivity index (χ1n) is 4.84. The van der Waals surface area contributed by atoms with Gasteiger partial charge in [-0.25, -0.2) is 0 Å². The predicted octanol–water partition coefficient (Wildman–Crippen LogP) is 1.82. The number of aromatic nitrogens is 2. The Morgan fingerprint density at radius 2 is 2.27 bits per heavy atom. The quantitative estimate of drug-likeness (QED) is 0.810. The molecule has 0 bridgehead atoms. The van der Waals surface area contributed by atoms with Crippen LogP contribution in [0.3, 0.4) is 0 Å². The van der Waals surface area contributed by atoms with Gasteiger partial charge in [-0.3, -0.25) is 4.79 Å². The molecule has 2 rings (SSSR count). The summed E-state index contributed by atoms with van der Waals surface area (Å²) in [6.45, 7) is 0. The van der Waals surface area contributed by atoms with Crippen LogP contribution in [-0.4, -0.2) is 35.3 Å². The Hall–Kier alpha value is -0.620. The first kappa shape index (κ1) is 10.9. The molecule has 15 heavy (non-hydrogen) atoms. The maximum absolute atomic E-state index is 11.1. The van der Waals surface area contributed by atoms with Crippen molar-refractivity contribution in [1.82, 2.24) is 10.2 Å². The van der Waals surface area contributed by atoms with Crippen LogP contribution in [0.2, 0.25) is 0 Å². The van der Waals surface area contributed by atoms with Crippen molar-refractivity contribution in [2.24, 2.45) is 0 Å². The fourth-order valence-electron chi connectivity index (χ4n) is 1.45. The highest BCUT2D eigenvalue weighted by Crippen LogP contribution is 2.36. The Bertz CT molecular complexity index is 364. The molecule has 0 aromatic carbocycles. The monoisotopic (exact) mass is 243 g/mol. The lowest BCUT2D eigenvalue weighted by atomic mass is 10.4. The van der Waals surface area contributed by atoms with E-state index in [1.54, 1.807) is 23.1 Å². The number of carbonyl (C=O) groups is 1. The van der Waals surface area contributed by atoms with Crippen LogP contribution in [0.1, 0.15) is 19.3 Å². The van der Waals surface area contributed by atoms with Crippen molar-refractivity contribution in [3.8, 4) is 0 Å². The van der Waals surface area contributed by atoms with Crippen LogP contribution in [0.5, 0.6) is 0 Å². The predicted molar refractivity (Wildman–Crippen MR) is 62.7 cm³/mol. The van der Waals surface area contributed by atoms with Gasteiger partial charge in [-0.2, -0.15) is 0 Å². The standard InChI is InChI=1S/C9H13N3OS2/c1-12(2)8-10-11-9(15-8)14-7-4-3-6(13)5-7/h7H,3-5H2,1-2H3. The second-order valence-electron chi connectivity index (χ2n) is 3.77. The summed E-state index contributed by atoms with van der Waals surface area (Å²) in [5, 5.41) is 9.51. The van der Waals surface area contributed by atoms with Gasteiger partial charge >= 0.3 is 0 Å². The van der Waals surface area contributed by atoms with Gasteiger partial charge in [-0.05, 0) is 6.42 Å². The van der Waals surface area contributed by atoms with Gasteiger partial charge < -0.3 is 4.90 Å². The van der Waals surface area contributed by atoms with E-state index in [1.807, 2.05) is 19.0 Å². The lowest BCUT2D eigenvalue weighted by Gasteiger charge is -2.04. The molecule has 1 fully saturated rings. The summed E-state index contributed by atoms with van der Waals surface area (Å²) in [6, 6.07) is 0. The lowest BCUT2D eigenvalue weighted by molar-refractivity contribution is -0.117. The molecule has 1 aliphatic rings. The summed E-state index contributed by atoms with van der Waals surface area (Å²) in [5.74, 6) is 0.379. The van der Waals surface area contributed by atoms with Gasteiger partial charge in [-0.1, -0.05) is 23.1 Å². The minimum atomic E-state index is 0.379. The third-order valence-corrected chi connectivity index (χ3v) is 4.69. The number of Topliss-reactive ketones (excluding diaryl/α,β-unsaturated/α-hetero) is 1. The van der Waals surface area contributed by atoms with Crippen LogP contribution >= 0.6 is 23.1 Å². The molecular formula is C9H13N3OS2. The fraction of sp³-hybridized carbons (Fsp3) is 0.667. The molecule has 82 valence electrons. The second kappa shape index (κ2) is 4.49. The Morgan fingerprint density at radius 1 is 1.47 bits per heavy atom. The molecule has 4 nitrogen and oxygen atoms in total. The van der Waals surface area contributed by atoms with Crippen LogP contribution in [0.4, 0.5) is 5.13 Å². The molecule has 1 aromatic heterocycles. The van der Waals surface area contributed by atoms with Gasteiger partial charge in [0.1, 0.15) is 5.78 Å². The Balaban J connectivity index is 1.96. The van der Waals surface area contributed by atoms with E-state index in [4.69, 9.17) is 0 Å². The van der Waals surface area contributed by atoms with E-state index < -0.39 is 0 Å². The van der Waals surface area contributed by atoms with Gasteiger partial charge in [0.05, 0.1) is 0 Å². The number of ketones is 1. The van der Waals surface area contributed by atoms with Gasteiger partial charge in [0.25, 0.3) is 0 Å². The number of nitrogens with zero attached hydrogens (tertiary/aromatic N) is 3. The first-order chi connectivity index (χ1) is 7.15. The first-order valence-corrected chi connectivity index (χ1v) is 6.54. The number of hydrogen-bond acceptors (Lipinski definition) is 6. The van der Waals surface area contributed by atoms with E-state index in [0.717, 1.165) is 22.3 Å². The van der Waals surface area contributed by atoms with Crippen molar-refractivity contribution in [2.45, 2.75) is 28.9 Å². The van der Waals surface area contributed by atoms with E-state index in [9.17, 15) is 4.79 Å². The highest BCUT2D eigenvalue weighted by molar-refractivity contribution is 8.01. The molecule has 0 spiro atoms. The average molecular weight is 243 g/mol. The van der Waals surface area contributed by atoms with Crippen LogP contribution in [0, 0.1) is 0 Å². The topological polar surface area (TPSA) is 46.1 Å². The number of hydrogen-bond donors (Lipinski definition) is 0. The number of thioether (sulfide) groups is 1. The SMILES string of the molecule is CN(C)c1nnc(SC2CCC(=O)C2)s1. The van der Waals surface area contributed by atoms with Crippen LogP contribution in [-0.2, 0) is 4.79 Å². The molecule has 1 unspecified atom stereocenters. The second-order valence-corrected chi connectivity index (χ2v) is 6.27. The van der Waals surface area contributed by atoms with E-state index in [2.05, 4.69) is 10.2 Å². The van der Waals surface area contributed by atoms with Crippen molar-refractivity contribution in [2.75, 3.05) is 19.0 Å². The molecular weight excluding hydrogens is 230 g/mol. The molecule has 0 N–H and O–H groups in total. The zero-order valence-electron chi connectivity index (χ0n) is 8.77. The van der Waals surface area contributed by atoms with Crippen LogP contribution < -0.4 is 4.90 Å². The average Bonchev–Trinajstić information content (AvgIpc) is 2.76. The van der Waals surface area contributed by atoms with Gasteiger partial charge in [0.15, 0.2) is 4.34 Å². The summed E-state index contributed by atoms with van der Waals surface area (Å²) < 4.78 is 0.971. The molecule has 1 aliphatic carbocycles. The Labute approximate surface area is 97.1 Å². The zero-order valence-corrected chi connectivity index (χ0v) is 10.4. The summed E-state index contributed by atoms with van der Waals surface area (Å²) >= 11 is 3.28. The fourth-order valence-corrected chi connectivity index (χ4v) is 3.66. The normalized spacial score (nSPS) is 20.9. The highest BCUT2D eigenvalue weighted by Gasteiger charge is 2.24. The van der Waals surface area contributed by atoms with Crippen molar-refractivity contribution in [3.63, 3.8) is 0 Å². The highest BCUT2D eigenvalue weighted by atomic mass is 32.2. The summed E-state index contributed by atoms with van der Waals surface area (Å²) in [6.07, 6.45) is 2.42. The molecule has 0 aliphatic heterocycles. The molecule has 1 heterocycles. The third kappa shape index (κ3) is 2.69. The van der Waals surface area contributed by atoms with Gasteiger partial charge in [0.2, 0.25) is 5.13 Å². The molecule has 0 amide bonds. The molecule has 1 saturated carbocycles. The molecule has 6 heteroatoms. The van der Waals surface area contributed by atoms with Crippen LogP contribution in [0.25, 0.3) is 0 Å². The van der Waals surface area contributed by atoms with E-state index in [0.29, 0.717) is 17.5 Å². The minimum absolute atomic E-state index is 0.379. The lowest BCUT2D eigenvalue weighted by Crippen LogP contribution is -2.07. The molecule has 0 saturated heterocycles. The smallest absolute Gasteiger partial charge is 0.208 e. The number of rotatable bonds is 3. The summed E-state index contributed by atoms with van der Waals surface area (Å²) in [7, 11) is 3.90. The Morgan fingerprint density at radius 3 is 2.80 bits per heavy atom. The summed E-state index contributed by atoms with van der Waals surface area (Å²) in [4.78, 5) is 13.0. The third-order valence-electron chi connectivity index (χ3n) is 2.25. The Kier molecular flexibility index (Phi) is 3.25. The van der Waals surface area contributed by atoms with E-state index in [-0.39, 0.29) is 0 Å². The van der Waals surface area contributed by atoms with Crippen molar-refractivity contribution >= 4 is 34.0 Å². The van der Waals surface area contributed by atoms with E-state index >= 15 is 0 Å². The maximum atomic E-state index is 11.1. The number of carbonyl (C=O) groups excluding carboxylic acids is 1. The number of anilines is 1. The van der Waals surface area contributed by atoms with Crippen LogP contribution in [0.15, 0.2) is 4.34 Å². The summed E-state index contributed by atoms with van der Waals surface area (Å²) in [5.41, 5.74) is 0.